The minimum absolute atomic E-state index is 0.119. The lowest BCUT2D eigenvalue weighted by Crippen LogP contribution is -2.44. The van der Waals surface area contributed by atoms with Gasteiger partial charge in [0, 0.05) is 19.2 Å². The number of methoxy groups -OCH3 is 1. The third-order valence-corrected chi connectivity index (χ3v) is 4.90. The number of fused-ring (bicyclic) bond motifs is 1. The molecule has 0 fully saturated rings. The molecule has 3 rings (SSSR count). The Bertz CT molecular complexity index is 1210. The predicted octanol–water partition coefficient (Wildman–Crippen LogP) is 1.68. The van der Waals surface area contributed by atoms with Crippen LogP contribution in [0.3, 0.4) is 0 Å². The molecule has 0 radical (unpaired) electrons. The van der Waals surface area contributed by atoms with Crippen molar-refractivity contribution >= 4 is 22.6 Å². The average molecular weight is 409 g/mol. The molecule has 1 atom stereocenters. The Labute approximate surface area is 172 Å². The molecule has 1 N–H and O–H groups in total. The smallest absolute Gasteiger partial charge is 0.336 e. The van der Waals surface area contributed by atoms with Gasteiger partial charge >= 0.3 is 5.69 Å². The number of hydrogen-bond donors (Lipinski definition) is 1. The van der Waals surface area contributed by atoms with Crippen LogP contribution >= 0.6 is 0 Å². The fraction of sp³-hybridized carbons (Fsp3) is 0.273. The fourth-order valence-corrected chi connectivity index (χ4v) is 3.27. The lowest BCUT2D eigenvalue weighted by Gasteiger charge is -2.19. The highest BCUT2D eigenvalue weighted by molar-refractivity contribution is 5.94. The highest BCUT2D eigenvalue weighted by atomic mass is 16.5. The second-order valence-corrected chi connectivity index (χ2v) is 6.87. The SMILES string of the molecule is COCCNC(=O)[C@@H](C)n1c(=O)n(-c2ccc(C(C)=O)cc2)c(=O)c2ccccc21. The number of ketones is 1. The summed E-state index contributed by atoms with van der Waals surface area (Å²) in [4.78, 5) is 50.6. The lowest BCUT2D eigenvalue weighted by molar-refractivity contribution is -0.124. The maximum absolute atomic E-state index is 13.4. The van der Waals surface area contributed by atoms with Gasteiger partial charge in [-0.2, -0.15) is 0 Å². The molecule has 1 heterocycles. The average Bonchev–Trinajstić information content (AvgIpc) is 2.74. The van der Waals surface area contributed by atoms with Gasteiger partial charge in [0.1, 0.15) is 6.04 Å². The number of hydrogen-bond acceptors (Lipinski definition) is 5. The van der Waals surface area contributed by atoms with Gasteiger partial charge in [-0.3, -0.25) is 19.0 Å². The maximum Gasteiger partial charge on any atom is 0.336 e. The van der Waals surface area contributed by atoms with Crippen molar-refractivity contribution in [3.05, 3.63) is 74.9 Å². The number of benzene rings is 2. The van der Waals surface area contributed by atoms with Gasteiger partial charge in [0.05, 0.1) is 23.2 Å². The third kappa shape index (κ3) is 3.95. The van der Waals surface area contributed by atoms with E-state index >= 15 is 0 Å². The van der Waals surface area contributed by atoms with Gasteiger partial charge in [-0.05, 0) is 50.2 Å². The normalized spacial score (nSPS) is 12.0. The Balaban J connectivity index is 2.20. The predicted molar refractivity (Wildman–Crippen MR) is 113 cm³/mol. The molecule has 2 aromatic carbocycles. The Hall–Kier alpha value is -3.52. The molecule has 8 heteroatoms. The summed E-state index contributed by atoms with van der Waals surface area (Å²) in [5.74, 6) is -0.484. The van der Waals surface area contributed by atoms with E-state index in [0.29, 0.717) is 35.3 Å². The largest absolute Gasteiger partial charge is 0.383 e. The number of carbonyl (C=O) groups excluding carboxylic acids is 2. The van der Waals surface area contributed by atoms with Gasteiger partial charge in [-0.1, -0.05) is 12.1 Å². The molecule has 0 unspecified atom stereocenters. The van der Waals surface area contributed by atoms with E-state index < -0.39 is 17.3 Å². The zero-order chi connectivity index (χ0) is 21.8. The topological polar surface area (TPSA) is 99.4 Å². The molecule has 0 spiro atoms. The van der Waals surface area contributed by atoms with Crippen molar-refractivity contribution < 1.29 is 14.3 Å². The summed E-state index contributed by atoms with van der Waals surface area (Å²) >= 11 is 0. The molecule has 0 aliphatic heterocycles. The first-order valence-electron chi connectivity index (χ1n) is 9.51. The highest BCUT2D eigenvalue weighted by Gasteiger charge is 2.22. The number of amides is 1. The standard InChI is InChI=1S/C22H23N3O5/c1-14(20(27)23-12-13-30-3)24-19-7-5-4-6-18(19)21(28)25(22(24)29)17-10-8-16(9-11-17)15(2)26/h4-11,14H,12-13H2,1-3H3,(H,23,27)/t14-/m1/s1. The van der Waals surface area contributed by atoms with E-state index in [1.165, 1.54) is 18.6 Å². The molecule has 30 heavy (non-hydrogen) atoms. The lowest BCUT2D eigenvalue weighted by atomic mass is 10.1. The summed E-state index contributed by atoms with van der Waals surface area (Å²) in [5, 5.41) is 3.03. The first-order valence-corrected chi connectivity index (χ1v) is 9.51. The van der Waals surface area contributed by atoms with Crippen molar-refractivity contribution in [2.24, 2.45) is 0 Å². The number of aromatic nitrogens is 2. The number of nitrogens with one attached hydrogen (secondary N) is 1. The van der Waals surface area contributed by atoms with Crippen molar-refractivity contribution in [2.45, 2.75) is 19.9 Å². The molecule has 0 aliphatic rings. The molecule has 156 valence electrons. The van der Waals surface area contributed by atoms with Gasteiger partial charge in [0.25, 0.3) is 5.56 Å². The quantitative estimate of drug-likeness (QED) is 0.473. The van der Waals surface area contributed by atoms with E-state index in [4.69, 9.17) is 4.74 Å². The molecule has 0 saturated carbocycles. The van der Waals surface area contributed by atoms with Crippen LogP contribution < -0.4 is 16.6 Å². The van der Waals surface area contributed by atoms with Crippen molar-refractivity contribution in [3.63, 3.8) is 0 Å². The van der Waals surface area contributed by atoms with Crippen LogP contribution in [-0.4, -0.2) is 41.1 Å². The van der Waals surface area contributed by atoms with Gasteiger partial charge in [0.15, 0.2) is 5.78 Å². The van der Waals surface area contributed by atoms with E-state index in [1.807, 2.05) is 0 Å². The summed E-state index contributed by atoms with van der Waals surface area (Å²) in [6.45, 7) is 3.69. The summed E-state index contributed by atoms with van der Waals surface area (Å²) < 4.78 is 7.26. The molecule has 1 amide bonds. The summed E-state index contributed by atoms with van der Waals surface area (Å²) in [6.07, 6.45) is 0. The van der Waals surface area contributed by atoms with Crippen LogP contribution in [0.5, 0.6) is 0 Å². The monoisotopic (exact) mass is 409 g/mol. The van der Waals surface area contributed by atoms with Crippen LogP contribution in [0, 0.1) is 0 Å². The summed E-state index contributed by atoms with van der Waals surface area (Å²) in [6, 6.07) is 12.0. The first-order chi connectivity index (χ1) is 14.4. The Morgan fingerprint density at radius 1 is 1.07 bits per heavy atom. The molecule has 1 aromatic heterocycles. The number of rotatable bonds is 7. The van der Waals surface area contributed by atoms with Crippen molar-refractivity contribution in [1.82, 2.24) is 14.5 Å². The second-order valence-electron chi connectivity index (χ2n) is 6.87. The third-order valence-electron chi connectivity index (χ3n) is 4.90. The van der Waals surface area contributed by atoms with Gasteiger partial charge in [0.2, 0.25) is 5.91 Å². The molecular formula is C22H23N3O5. The van der Waals surface area contributed by atoms with E-state index in [0.717, 1.165) is 4.57 Å². The van der Waals surface area contributed by atoms with Gasteiger partial charge in [-0.25, -0.2) is 9.36 Å². The second kappa shape index (κ2) is 8.87. The minimum atomic E-state index is -0.859. The Morgan fingerprint density at radius 3 is 2.37 bits per heavy atom. The first kappa shape index (κ1) is 21.2. The zero-order valence-corrected chi connectivity index (χ0v) is 17.0. The fourth-order valence-electron chi connectivity index (χ4n) is 3.27. The molecular weight excluding hydrogens is 386 g/mol. The van der Waals surface area contributed by atoms with Crippen LogP contribution in [0.2, 0.25) is 0 Å². The summed E-state index contributed by atoms with van der Waals surface area (Å²) in [5.41, 5.74) is 0.0388. The van der Waals surface area contributed by atoms with Crippen LogP contribution in [-0.2, 0) is 9.53 Å². The van der Waals surface area contributed by atoms with E-state index in [-0.39, 0.29) is 11.7 Å². The number of ether oxygens (including phenoxy) is 1. The minimum Gasteiger partial charge on any atom is -0.383 e. The number of carbonyl (C=O) groups is 2. The van der Waals surface area contributed by atoms with E-state index in [1.54, 1.807) is 55.5 Å². The zero-order valence-electron chi connectivity index (χ0n) is 17.0. The van der Waals surface area contributed by atoms with Gasteiger partial charge in [-0.15, -0.1) is 0 Å². The molecule has 0 bridgehead atoms. The van der Waals surface area contributed by atoms with Crippen molar-refractivity contribution in [2.75, 3.05) is 20.3 Å². The molecule has 0 saturated heterocycles. The van der Waals surface area contributed by atoms with Crippen LogP contribution in [0.25, 0.3) is 16.6 Å². The van der Waals surface area contributed by atoms with Crippen molar-refractivity contribution in [1.29, 1.82) is 0 Å². The van der Waals surface area contributed by atoms with Gasteiger partial charge < -0.3 is 10.1 Å². The Kier molecular flexibility index (Phi) is 6.27. The number of Topliss-reactive ketones (excluding diaryl/α,β-unsaturated/α-hetero) is 1. The Morgan fingerprint density at radius 2 is 1.73 bits per heavy atom. The van der Waals surface area contributed by atoms with Crippen LogP contribution in [0.1, 0.15) is 30.2 Å². The van der Waals surface area contributed by atoms with Crippen LogP contribution in [0.15, 0.2) is 58.1 Å². The number of nitrogens with zero attached hydrogens (tertiary/aromatic N) is 2. The maximum atomic E-state index is 13.4. The number of para-hydroxylation sites is 1. The summed E-state index contributed by atoms with van der Waals surface area (Å²) in [7, 11) is 1.53. The van der Waals surface area contributed by atoms with E-state index in [9.17, 15) is 19.2 Å². The highest BCUT2D eigenvalue weighted by Crippen LogP contribution is 2.15. The molecule has 8 nitrogen and oxygen atoms in total. The van der Waals surface area contributed by atoms with E-state index in [2.05, 4.69) is 5.32 Å². The molecule has 3 aromatic rings. The van der Waals surface area contributed by atoms with Crippen molar-refractivity contribution in [3.8, 4) is 5.69 Å². The molecule has 0 aliphatic carbocycles. The van der Waals surface area contributed by atoms with Crippen LogP contribution in [0.4, 0.5) is 0 Å².